The van der Waals surface area contributed by atoms with Crippen molar-refractivity contribution in [3.05, 3.63) is 39.9 Å². The van der Waals surface area contributed by atoms with Crippen molar-refractivity contribution in [2.75, 3.05) is 7.11 Å². The Balaban J connectivity index is 2.62. The number of hydrogen-bond acceptors (Lipinski definition) is 3. The van der Waals surface area contributed by atoms with Crippen LogP contribution in [0.1, 0.15) is 20.7 Å². The Kier molecular flexibility index (Phi) is 2.44. The van der Waals surface area contributed by atoms with Gasteiger partial charge in [0.05, 0.1) is 11.6 Å². The summed E-state index contributed by atoms with van der Waals surface area (Å²) >= 11 is 3.06. The van der Waals surface area contributed by atoms with Gasteiger partial charge in [0.15, 0.2) is 5.78 Å². The molecule has 4 heteroatoms. The number of ether oxygens (including phenoxy) is 1. The van der Waals surface area contributed by atoms with E-state index in [2.05, 4.69) is 15.9 Å². The first-order valence-corrected chi connectivity index (χ1v) is 5.07. The van der Waals surface area contributed by atoms with Gasteiger partial charge in [-0.1, -0.05) is 0 Å². The molecule has 3 nitrogen and oxygen atoms in total. The van der Waals surface area contributed by atoms with E-state index < -0.39 is 0 Å². The quantitative estimate of drug-likeness (QED) is 0.784. The van der Waals surface area contributed by atoms with Gasteiger partial charge in [-0.3, -0.25) is 9.59 Å². The maximum absolute atomic E-state index is 11.7. The molecule has 1 aliphatic rings. The van der Waals surface area contributed by atoms with E-state index in [0.717, 1.165) is 0 Å². The van der Waals surface area contributed by atoms with Crippen LogP contribution in [0.2, 0.25) is 0 Å². The van der Waals surface area contributed by atoms with Gasteiger partial charge in [0.25, 0.3) is 0 Å². The van der Waals surface area contributed by atoms with Crippen LogP contribution in [0.3, 0.4) is 0 Å². The Morgan fingerprint density at radius 3 is 2.60 bits per heavy atom. The summed E-state index contributed by atoms with van der Waals surface area (Å²) in [6.45, 7) is 0. The molecular formula is C11H7BrO3. The van der Waals surface area contributed by atoms with Gasteiger partial charge in [-0.05, 0) is 34.1 Å². The molecule has 2 rings (SSSR count). The number of fused-ring (bicyclic) bond motifs is 1. The molecule has 0 radical (unpaired) electrons. The third kappa shape index (κ3) is 1.61. The fourth-order valence-electron chi connectivity index (χ4n) is 1.44. The van der Waals surface area contributed by atoms with Gasteiger partial charge in [0, 0.05) is 17.2 Å². The number of hydrogen-bond donors (Lipinski definition) is 0. The lowest BCUT2D eigenvalue weighted by Crippen LogP contribution is -2.14. The van der Waals surface area contributed by atoms with Crippen LogP contribution in [0.15, 0.2) is 28.8 Å². The molecule has 0 saturated carbocycles. The van der Waals surface area contributed by atoms with Crippen LogP contribution in [0, 0.1) is 0 Å². The van der Waals surface area contributed by atoms with Crippen LogP contribution < -0.4 is 4.74 Å². The number of allylic oxidation sites excluding steroid dienone is 2. The predicted molar refractivity (Wildman–Crippen MR) is 58.7 cm³/mol. The molecule has 0 unspecified atom stereocenters. The first-order valence-electron chi connectivity index (χ1n) is 4.27. The zero-order valence-corrected chi connectivity index (χ0v) is 9.50. The number of methoxy groups -OCH3 is 1. The fraction of sp³-hybridized carbons (Fsp3) is 0.0909. The van der Waals surface area contributed by atoms with Crippen LogP contribution in [0.4, 0.5) is 0 Å². The van der Waals surface area contributed by atoms with Crippen molar-refractivity contribution in [1.29, 1.82) is 0 Å². The molecule has 1 aromatic carbocycles. The second-order valence-electron chi connectivity index (χ2n) is 3.10. The largest absolute Gasteiger partial charge is 0.497 e. The summed E-state index contributed by atoms with van der Waals surface area (Å²) in [6.07, 6.45) is 1.28. The summed E-state index contributed by atoms with van der Waals surface area (Å²) in [5, 5.41) is 0. The van der Waals surface area contributed by atoms with Crippen molar-refractivity contribution >= 4 is 27.5 Å². The highest BCUT2D eigenvalue weighted by Gasteiger charge is 2.24. The van der Waals surface area contributed by atoms with Gasteiger partial charge >= 0.3 is 0 Å². The zero-order chi connectivity index (χ0) is 11.0. The van der Waals surface area contributed by atoms with Crippen molar-refractivity contribution in [3.8, 4) is 5.75 Å². The van der Waals surface area contributed by atoms with Gasteiger partial charge in [-0.2, -0.15) is 0 Å². The fourth-order valence-corrected chi connectivity index (χ4v) is 1.86. The minimum Gasteiger partial charge on any atom is -0.497 e. The van der Waals surface area contributed by atoms with Crippen LogP contribution in [0.25, 0.3) is 0 Å². The summed E-state index contributed by atoms with van der Waals surface area (Å²) in [5.74, 6) is 0.212. The number of rotatable bonds is 1. The number of halogens is 1. The Labute approximate surface area is 94.9 Å². The number of ketones is 2. The van der Waals surface area contributed by atoms with Crippen molar-refractivity contribution in [2.45, 2.75) is 0 Å². The maximum atomic E-state index is 11.7. The third-order valence-electron chi connectivity index (χ3n) is 2.21. The normalized spacial score (nSPS) is 14.7. The van der Waals surface area contributed by atoms with Gasteiger partial charge in [0.1, 0.15) is 5.75 Å². The van der Waals surface area contributed by atoms with E-state index in [9.17, 15) is 9.59 Å². The molecule has 0 aromatic heterocycles. The average molecular weight is 267 g/mol. The summed E-state index contributed by atoms with van der Waals surface area (Å²) < 4.78 is 5.29. The van der Waals surface area contributed by atoms with Crippen LogP contribution in [-0.4, -0.2) is 18.7 Å². The minimum absolute atomic E-state index is 0.174. The maximum Gasteiger partial charge on any atom is 0.200 e. The summed E-state index contributed by atoms with van der Waals surface area (Å²) in [7, 11) is 1.52. The standard InChI is InChI=1S/C11H7BrO3/c1-15-6-2-3-7-8(4-6)10(13)5-9(12)11(7)14/h2-5H,1H3. The molecule has 1 aliphatic carbocycles. The number of benzene rings is 1. The van der Waals surface area contributed by atoms with Crippen LogP contribution in [-0.2, 0) is 0 Å². The van der Waals surface area contributed by atoms with Gasteiger partial charge in [0.2, 0.25) is 5.78 Å². The lowest BCUT2D eigenvalue weighted by molar-refractivity contribution is 0.0991. The molecule has 76 valence electrons. The molecule has 1 aromatic rings. The van der Waals surface area contributed by atoms with E-state index in [4.69, 9.17) is 4.74 Å². The molecule has 0 spiro atoms. The molecule has 0 N–H and O–H groups in total. The molecule has 0 saturated heterocycles. The first-order chi connectivity index (χ1) is 7.13. The van der Waals surface area contributed by atoms with Gasteiger partial charge < -0.3 is 4.74 Å². The average Bonchev–Trinajstić information content (AvgIpc) is 2.25. The molecule has 0 atom stereocenters. The van der Waals surface area contributed by atoms with E-state index in [-0.39, 0.29) is 11.6 Å². The van der Waals surface area contributed by atoms with Gasteiger partial charge in [-0.15, -0.1) is 0 Å². The summed E-state index contributed by atoms with van der Waals surface area (Å²) in [4.78, 5) is 23.2. The number of carbonyl (C=O) groups excluding carboxylic acids is 2. The lowest BCUT2D eigenvalue weighted by Gasteiger charge is -2.12. The Morgan fingerprint density at radius 1 is 1.20 bits per heavy atom. The van der Waals surface area contributed by atoms with Crippen molar-refractivity contribution in [3.63, 3.8) is 0 Å². The Morgan fingerprint density at radius 2 is 1.93 bits per heavy atom. The van der Waals surface area contributed by atoms with E-state index in [1.165, 1.54) is 13.2 Å². The minimum atomic E-state index is -0.185. The van der Waals surface area contributed by atoms with E-state index in [1.807, 2.05) is 0 Å². The highest BCUT2D eigenvalue weighted by atomic mass is 79.9. The zero-order valence-electron chi connectivity index (χ0n) is 7.91. The van der Waals surface area contributed by atoms with E-state index in [1.54, 1.807) is 18.2 Å². The topological polar surface area (TPSA) is 43.4 Å². The Hall–Kier alpha value is -1.42. The summed E-state index contributed by atoms with van der Waals surface area (Å²) in [6, 6.07) is 4.84. The highest BCUT2D eigenvalue weighted by Crippen LogP contribution is 2.27. The second kappa shape index (κ2) is 3.62. The Bertz CT molecular complexity index is 489. The van der Waals surface area contributed by atoms with Crippen molar-refractivity contribution in [1.82, 2.24) is 0 Å². The van der Waals surface area contributed by atoms with Gasteiger partial charge in [-0.25, -0.2) is 0 Å². The highest BCUT2D eigenvalue weighted by molar-refractivity contribution is 9.12. The number of carbonyl (C=O) groups is 2. The van der Waals surface area contributed by atoms with E-state index >= 15 is 0 Å². The molecule has 0 aliphatic heterocycles. The van der Waals surface area contributed by atoms with Crippen LogP contribution >= 0.6 is 15.9 Å². The summed E-state index contributed by atoms with van der Waals surface area (Å²) in [5.41, 5.74) is 0.803. The lowest BCUT2D eigenvalue weighted by atomic mass is 9.95. The second-order valence-corrected chi connectivity index (χ2v) is 3.95. The molecule has 0 heterocycles. The molecule has 0 amide bonds. The third-order valence-corrected chi connectivity index (χ3v) is 2.80. The number of Topliss-reactive ketones (excluding diaryl/α,β-unsaturated/α-hetero) is 1. The molecule has 15 heavy (non-hydrogen) atoms. The molecule has 0 bridgehead atoms. The predicted octanol–water partition coefficient (Wildman–Crippen LogP) is 2.35. The monoisotopic (exact) mass is 266 g/mol. The molecular weight excluding hydrogens is 260 g/mol. The smallest absolute Gasteiger partial charge is 0.200 e. The van der Waals surface area contributed by atoms with Crippen molar-refractivity contribution < 1.29 is 14.3 Å². The van der Waals surface area contributed by atoms with Crippen LogP contribution in [0.5, 0.6) is 5.75 Å². The van der Waals surface area contributed by atoms with Crippen molar-refractivity contribution in [2.24, 2.45) is 0 Å². The SMILES string of the molecule is COc1ccc2c(c1)C(=O)C=C(Br)C2=O. The first kappa shape index (κ1) is 10.1. The molecule has 0 fully saturated rings. The van der Waals surface area contributed by atoms with E-state index in [0.29, 0.717) is 21.4 Å².